The fourth-order valence-corrected chi connectivity index (χ4v) is 1.56. The monoisotopic (exact) mass is 158 g/mol. The van der Waals surface area contributed by atoms with Crippen molar-refractivity contribution in [2.45, 2.75) is 32.3 Å². The van der Waals surface area contributed by atoms with Gasteiger partial charge in [-0.05, 0) is 0 Å². The number of carboxylic acid groups (broad SMARTS) is 1. The van der Waals surface area contributed by atoms with Crippen LogP contribution in [-0.2, 0) is 14.3 Å². The van der Waals surface area contributed by atoms with E-state index in [0.717, 1.165) is 0 Å². The average Bonchev–Trinajstić information content (AvgIpc) is 2.55. The zero-order valence-corrected chi connectivity index (χ0v) is 6.40. The van der Waals surface area contributed by atoms with Crippen molar-refractivity contribution in [1.82, 2.24) is 0 Å². The molecule has 2 aliphatic heterocycles. The maximum Gasteiger partial charge on any atom is 0.333 e. The molecule has 2 heterocycles. The van der Waals surface area contributed by atoms with Gasteiger partial charge in [0.05, 0.1) is 0 Å². The fourth-order valence-electron chi connectivity index (χ4n) is 1.56. The third-order valence-electron chi connectivity index (χ3n) is 2.35. The molecule has 1 N–H and O–H groups in total. The zero-order valence-electron chi connectivity index (χ0n) is 6.40. The Morgan fingerprint density at radius 3 is 2.36 bits per heavy atom. The molecule has 0 spiro atoms. The number of hydrogen-bond donors (Lipinski definition) is 1. The summed E-state index contributed by atoms with van der Waals surface area (Å²) < 4.78 is 10.2. The van der Waals surface area contributed by atoms with E-state index in [-0.39, 0.29) is 17.8 Å². The number of aliphatic carboxylic acids is 1. The van der Waals surface area contributed by atoms with E-state index < -0.39 is 12.1 Å². The van der Waals surface area contributed by atoms with Crippen molar-refractivity contribution in [3.05, 3.63) is 0 Å². The molecule has 3 atom stereocenters. The van der Waals surface area contributed by atoms with E-state index in [9.17, 15) is 4.79 Å². The molecule has 0 bridgehead atoms. The predicted octanol–water partition coefficient (Wildman–Crippen LogP) is 0.221. The van der Waals surface area contributed by atoms with Crippen molar-refractivity contribution in [3.8, 4) is 0 Å². The van der Waals surface area contributed by atoms with Gasteiger partial charge in [0, 0.05) is 5.41 Å². The molecule has 0 aromatic heterocycles. The minimum absolute atomic E-state index is 0.0106. The van der Waals surface area contributed by atoms with Crippen molar-refractivity contribution in [3.63, 3.8) is 0 Å². The first kappa shape index (κ1) is 7.06. The molecule has 4 nitrogen and oxygen atoms in total. The van der Waals surface area contributed by atoms with Crippen LogP contribution in [0.25, 0.3) is 0 Å². The number of ether oxygens (including phenoxy) is 2. The molecule has 0 amide bonds. The number of carboxylic acids is 1. The van der Waals surface area contributed by atoms with Crippen molar-refractivity contribution in [2.75, 3.05) is 0 Å². The molecule has 2 rings (SSSR count). The molecule has 0 aromatic carbocycles. The second kappa shape index (κ2) is 1.76. The van der Waals surface area contributed by atoms with E-state index in [4.69, 9.17) is 14.6 Å². The molecule has 2 fully saturated rings. The van der Waals surface area contributed by atoms with Gasteiger partial charge in [-0.25, -0.2) is 4.79 Å². The Hall–Kier alpha value is -0.610. The van der Waals surface area contributed by atoms with Gasteiger partial charge in [-0.15, -0.1) is 0 Å². The molecule has 2 aliphatic rings. The van der Waals surface area contributed by atoms with E-state index in [1.807, 2.05) is 13.8 Å². The van der Waals surface area contributed by atoms with Gasteiger partial charge in [0.1, 0.15) is 6.10 Å². The number of fused-ring (bicyclic) bond motifs is 1. The molecule has 0 aliphatic carbocycles. The topological polar surface area (TPSA) is 59.1 Å². The second-order valence-electron chi connectivity index (χ2n) is 3.60. The van der Waals surface area contributed by atoms with Crippen molar-refractivity contribution in [1.29, 1.82) is 0 Å². The van der Waals surface area contributed by atoms with Gasteiger partial charge in [0.15, 0.2) is 12.4 Å². The average molecular weight is 158 g/mol. The summed E-state index contributed by atoms with van der Waals surface area (Å²) >= 11 is 0. The first-order valence-corrected chi connectivity index (χ1v) is 3.57. The summed E-state index contributed by atoms with van der Waals surface area (Å²) in [7, 11) is 0. The molecule has 11 heavy (non-hydrogen) atoms. The second-order valence-corrected chi connectivity index (χ2v) is 3.60. The summed E-state index contributed by atoms with van der Waals surface area (Å²) in [6.45, 7) is 3.70. The van der Waals surface area contributed by atoms with Crippen molar-refractivity contribution in [2.24, 2.45) is 5.41 Å². The van der Waals surface area contributed by atoms with Crippen molar-refractivity contribution >= 4 is 5.97 Å². The lowest BCUT2D eigenvalue weighted by Crippen LogP contribution is -2.37. The summed E-state index contributed by atoms with van der Waals surface area (Å²) in [5.74, 6) is -0.897. The number of epoxide rings is 1. The lowest BCUT2D eigenvalue weighted by Gasteiger charge is -2.23. The van der Waals surface area contributed by atoms with Crippen LogP contribution < -0.4 is 0 Å². The maximum absolute atomic E-state index is 10.6. The Balaban J connectivity index is 2.20. The SMILES string of the molecule is CC1(C)C2OC2O[C@H]1C(=O)O. The van der Waals surface area contributed by atoms with E-state index in [2.05, 4.69) is 0 Å². The van der Waals surface area contributed by atoms with E-state index in [1.54, 1.807) is 0 Å². The van der Waals surface area contributed by atoms with E-state index in [1.165, 1.54) is 0 Å². The predicted molar refractivity (Wildman–Crippen MR) is 35.0 cm³/mol. The van der Waals surface area contributed by atoms with Gasteiger partial charge in [-0.1, -0.05) is 13.8 Å². The Morgan fingerprint density at radius 2 is 2.09 bits per heavy atom. The Kier molecular flexibility index (Phi) is 1.13. The van der Waals surface area contributed by atoms with Gasteiger partial charge in [0.2, 0.25) is 0 Å². The van der Waals surface area contributed by atoms with Gasteiger partial charge in [-0.2, -0.15) is 0 Å². The van der Waals surface area contributed by atoms with Gasteiger partial charge >= 0.3 is 5.97 Å². The molecule has 62 valence electrons. The van der Waals surface area contributed by atoms with Crippen LogP contribution in [0.4, 0.5) is 0 Å². The number of carbonyl (C=O) groups is 1. The lowest BCUT2D eigenvalue weighted by molar-refractivity contribution is -0.162. The summed E-state index contributed by atoms with van der Waals surface area (Å²) in [6, 6.07) is 0. The Morgan fingerprint density at radius 1 is 1.45 bits per heavy atom. The molecule has 2 unspecified atom stereocenters. The molecule has 2 saturated heterocycles. The third kappa shape index (κ3) is 0.795. The quantitative estimate of drug-likeness (QED) is 0.554. The van der Waals surface area contributed by atoms with Crippen LogP contribution in [0.2, 0.25) is 0 Å². The minimum atomic E-state index is -0.897. The van der Waals surface area contributed by atoms with Crippen LogP contribution in [0, 0.1) is 5.41 Å². The Bertz CT molecular complexity index is 210. The highest BCUT2D eigenvalue weighted by molar-refractivity contribution is 5.74. The molecule has 0 radical (unpaired) electrons. The highest BCUT2D eigenvalue weighted by Gasteiger charge is 2.64. The summed E-state index contributed by atoms with van der Waals surface area (Å²) in [4.78, 5) is 10.6. The summed E-state index contributed by atoms with van der Waals surface area (Å²) in [6.07, 6.45) is -0.971. The van der Waals surface area contributed by atoms with Crippen LogP contribution in [0.5, 0.6) is 0 Å². The lowest BCUT2D eigenvalue weighted by atomic mass is 9.85. The van der Waals surface area contributed by atoms with E-state index >= 15 is 0 Å². The smallest absolute Gasteiger partial charge is 0.333 e. The molecular formula is C7H10O4. The van der Waals surface area contributed by atoms with Crippen LogP contribution in [0.1, 0.15) is 13.8 Å². The third-order valence-corrected chi connectivity index (χ3v) is 2.35. The van der Waals surface area contributed by atoms with E-state index in [0.29, 0.717) is 0 Å². The normalized spacial score (nSPS) is 45.1. The van der Waals surface area contributed by atoms with Crippen LogP contribution in [0.15, 0.2) is 0 Å². The summed E-state index contributed by atoms with van der Waals surface area (Å²) in [5.41, 5.74) is -0.378. The standard InChI is InChI=1S/C7H10O4/c1-7(2)3(5(8)9)10-6-4(7)11-6/h3-4,6H,1-2H3,(H,8,9)/t3-,4?,6?/m0/s1. The van der Waals surface area contributed by atoms with Gasteiger partial charge < -0.3 is 14.6 Å². The maximum atomic E-state index is 10.6. The Labute approximate surface area is 64.1 Å². The highest BCUT2D eigenvalue weighted by atomic mass is 16.8. The molecular weight excluding hydrogens is 148 g/mol. The van der Waals surface area contributed by atoms with Gasteiger partial charge in [0.25, 0.3) is 0 Å². The zero-order chi connectivity index (χ0) is 8.22. The first-order valence-electron chi connectivity index (χ1n) is 3.57. The molecule has 0 aromatic rings. The highest BCUT2D eigenvalue weighted by Crippen LogP contribution is 2.50. The fraction of sp³-hybridized carbons (Fsp3) is 0.857. The van der Waals surface area contributed by atoms with Crippen LogP contribution in [-0.4, -0.2) is 29.6 Å². The number of hydrogen-bond acceptors (Lipinski definition) is 3. The van der Waals surface area contributed by atoms with Crippen LogP contribution >= 0.6 is 0 Å². The van der Waals surface area contributed by atoms with Crippen LogP contribution in [0.3, 0.4) is 0 Å². The molecule has 0 saturated carbocycles. The minimum Gasteiger partial charge on any atom is -0.479 e. The largest absolute Gasteiger partial charge is 0.479 e. The first-order chi connectivity index (χ1) is 5.03. The summed E-state index contributed by atoms with van der Waals surface area (Å²) in [5, 5.41) is 8.71. The number of rotatable bonds is 1. The van der Waals surface area contributed by atoms with Crippen molar-refractivity contribution < 1.29 is 19.4 Å². The molecule has 4 heteroatoms. The van der Waals surface area contributed by atoms with Gasteiger partial charge in [-0.3, -0.25) is 0 Å².